The number of aryl methyl sites for hydroxylation is 1. The highest BCUT2D eigenvalue weighted by atomic mass is 32.1. The molecular formula is C17H21N5OS. The number of nitrogens with zero attached hydrogens (tertiary/aromatic N) is 3. The molecule has 1 saturated heterocycles. The maximum atomic E-state index is 12.4. The van der Waals surface area contributed by atoms with E-state index >= 15 is 0 Å². The molecule has 6 nitrogen and oxygen atoms in total. The summed E-state index contributed by atoms with van der Waals surface area (Å²) in [6.45, 7) is 7.13. The largest absolute Gasteiger partial charge is 0.308 e. The summed E-state index contributed by atoms with van der Waals surface area (Å²) in [6, 6.07) is 2.00. The van der Waals surface area contributed by atoms with Gasteiger partial charge in [-0.3, -0.25) is 14.8 Å². The van der Waals surface area contributed by atoms with Crippen molar-refractivity contribution >= 4 is 21.6 Å². The Hall–Kier alpha value is -1.99. The number of aromatic amines is 2. The molecule has 0 aliphatic carbocycles. The molecule has 24 heavy (non-hydrogen) atoms. The van der Waals surface area contributed by atoms with E-state index in [2.05, 4.69) is 27.0 Å². The zero-order chi connectivity index (χ0) is 16.7. The van der Waals surface area contributed by atoms with Crippen LogP contribution >= 0.6 is 11.3 Å². The van der Waals surface area contributed by atoms with E-state index < -0.39 is 0 Å². The zero-order valence-corrected chi connectivity index (χ0v) is 14.7. The van der Waals surface area contributed by atoms with Crippen molar-refractivity contribution in [2.45, 2.75) is 33.2 Å². The molecule has 0 aromatic carbocycles. The van der Waals surface area contributed by atoms with Crippen molar-refractivity contribution in [1.29, 1.82) is 0 Å². The van der Waals surface area contributed by atoms with Crippen LogP contribution in [0.1, 0.15) is 31.3 Å². The molecule has 7 heteroatoms. The molecule has 1 aliphatic heterocycles. The number of fused-ring (bicyclic) bond motifs is 1. The Morgan fingerprint density at radius 1 is 1.46 bits per heavy atom. The molecular weight excluding hydrogens is 322 g/mol. The van der Waals surface area contributed by atoms with Crippen LogP contribution in [0.15, 0.2) is 17.1 Å². The summed E-state index contributed by atoms with van der Waals surface area (Å²) in [5, 5.41) is 7.00. The van der Waals surface area contributed by atoms with E-state index in [0.717, 1.165) is 53.0 Å². The highest BCUT2D eigenvalue weighted by Crippen LogP contribution is 2.32. The van der Waals surface area contributed by atoms with Crippen LogP contribution in [0.2, 0.25) is 0 Å². The van der Waals surface area contributed by atoms with E-state index in [0.29, 0.717) is 4.70 Å². The number of rotatable bonds is 4. The van der Waals surface area contributed by atoms with Crippen molar-refractivity contribution in [3.8, 4) is 10.4 Å². The van der Waals surface area contributed by atoms with Crippen molar-refractivity contribution < 1.29 is 0 Å². The lowest BCUT2D eigenvalue weighted by Crippen LogP contribution is -2.23. The summed E-state index contributed by atoms with van der Waals surface area (Å²) in [5.74, 6) is 1.54. The van der Waals surface area contributed by atoms with Gasteiger partial charge in [0.15, 0.2) is 0 Å². The number of likely N-dealkylation sites (tertiary alicyclic amines) is 1. The number of nitrogens with one attached hydrogen (secondary N) is 2. The maximum absolute atomic E-state index is 12.4. The molecule has 0 radical (unpaired) electrons. The minimum absolute atomic E-state index is 0.0429. The first-order chi connectivity index (χ1) is 11.6. The topological polar surface area (TPSA) is 77.7 Å². The van der Waals surface area contributed by atoms with Gasteiger partial charge in [0.25, 0.3) is 5.56 Å². The van der Waals surface area contributed by atoms with Crippen LogP contribution in [0.3, 0.4) is 0 Å². The van der Waals surface area contributed by atoms with Crippen molar-refractivity contribution in [2.75, 3.05) is 13.1 Å². The van der Waals surface area contributed by atoms with Crippen LogP contribution in [-0.4, -0.2) is 38.2 Å². The second-order valence-electron chi connectivity index (χ2n) is 6.54. The van der Waals surface area contributed by atoms with E-state index in [1.54, 1.807) is 6.20 Å². The van der Waals surface area contributed by atoms with E-state index in [1.165, 1.54) is 24.2 Å². The first-order valence-corrected chi connectivity index (χ1v) is 9.21. The lowest BCUT2D eigenvalue weighted by Gasteiger charge is -2.14. The van der Waals surface area contributed by atoms with E-state index in [9.17, 15) is 4.79 Å². The zero-order valence-electron chi connectivity index (χ0n) is 13.9. The monoisotopic (exact) mass is 343 g/mol. The predicted octanol–water partition coefficient (Wildman–Crippen LogP) is 2.92. The van der Waals surface area contributed by atoms with Crippen molar-refractivity contribution in [1.82, 2.24) is 25.1 Å². The molecule has 0 saturated carbocycles. The fourth-order valence-electron chi connectivity index (χ4n) is 3.40. The third-order valence-corrected chi connectivity index (χ3v) is 6.00. The van der Waals surface area contributed by atoms with Gasteiger partial charge in [0.1, 0.15) is 10.5 Å². The average molecular weight is 343 g/mol. The summed E-state index contributed by atoms with van der Waals surface area (Å²) in [6.07, 6.45) is 4.26. The van der Waals surface area contributed by atoms with Gasteiger partial charge in [-0.05, 0) is 31.9 Å². The number of aromatic nitrogens is 4. The minimum Gasteiger partial charge on any atom is -0.308 e. The summed E-state index contributed by atoms with van der Waals surface area (Å²) < 4.78 is 0.683. The second kappa shape index (κ2) is 6.14. The Morgan fingerprint density at radius 2 is 2.33 bits per heavy atom. The van der Waals surface area contributed by atoms with Crippen molar-refractivity contribution in [3.05, 3.63) is 34.1 Å². The van der Waals surface area contributed by atoms with Gasteiger partial charge in [-0.1, -0.05) is 13.3 Å². The Labute approximate surface area is 143 Å². The molecule has 1 fully saturated rings. The summed E-state index contributed by atoms with van der Waals surface area (Å²) in [4.78, 5) is 23.5. The lowest BCUT2D eigenvalue weighted by atomic mass is 10.1. The summed E-state index contributed by atoms with van der Waals surface area (Å²) >= 11 is 1.47. The third kappa shape index (κ3) is 2.78. The number of thiophene rings is 1. The number of hydrogen-bond donors (Lipinski definition) is 2. The van der Waals surface area contributed by atoms with Crippen molar-refractivity contribution in [3.63, 3.8) is 0 Å². The van der Waals surface area contributed by atoms with Gasteiger partial charge < -0.3 is 4.98 Å². The summed E-state index contributed by atoms with van der Waals surface area (Å²) in [7, 11) is 0. The van der Waals surface area contributed by atoms with E-state index in [-0.39, 0.29) is 5.56 Å². The molecule has 0 amide bonds. The highest BCUT2D eigenvalue weighted by molar-refractivity contribution is 7.22. The number of H-pyrrole nitrogens is 2. The average Bonchev–Trinajstić information content (AvgIpc) is 3.26. The second-order valence-corrected chi connectivity index (χ2v) is 7.60. The smallest absolute Gasteiger partial charge is 0.268 e. The van der Waals surface area contributed by atoms with Gasteiger partial charge in [-0.2, -0.15) is 5.10 Å². The maximum Gasteiger partial charge on any atom is 0.268 e. The van der Waals surface area contributed by atoms with Gasteiger partial charge in [0.2, 0.25) is 0 Å². The Morgan fingerprint density at radius 3 is 3.04 bits per heavy atom. The predicted molar refractivity (Wildman–Crippen MR) is 96.2 cm³/mol. The number of hydrogen-bond acceptors (Lipinski definition) is 5. The van der Waals surface area contributed by atoms with Crippen LogP contribution in [0.25, 0.3) is 20.7 Å². The SMILES string of the molecule is CC[C@@H]1CCN(Cc2nc3cc(-c4cn[nH]c4C)sc3c(=O)[nH]2)C1. The first kappa shape index (κ1) is 15.5. The van der Waals surface area contributed by atoms with Crippen molar-refractivity contribution in [2.24, 2.45) is 5.92 Å². The van der Waals surface area contributed by atoms with Gasteiger partial charge in [0, 0.05) is 22.7 Å². The molecule has 0 unspecified atom stereocenters. The third-order valence-electron chi connectivity index (χ3n) is 4.85. The Balaban J connectivity index is 1.65. The van der Waals surface area contributed by atoms with Crippen LogP contribution in [0, 0.1) is 12.8 Å². The van der Waals surface area contributed by atoms with Crippen LogP contribution in [-0.2, 0) is 6.54 Å². The molecule has 2 N–H and O–H groups in total. The van der Waals surface area contributed by atoms with Gasteiger partial charge >= 0.3 is 0 Å². The molecule has 4 rings (SSSR count). The molecule has 3 aromatic rings. The van der Waals surface area contributed by atoms with Crippen LogP contribution < -0.4 is 5.56 Å². The molecule has 1 aliphatic rings. The van der Waals surface area contributed by atoms with Crippen LogP contribution in [0.4, 0.5) is 0 Å². The fraction of sp³-hybridized carbons (Fsp3) is 0.471. The minimum atomic E-state index is -0.0429. The van der Waals surface area contributed by atoms with Gasteiger partial charge in [-0.15, -0.1) is 11.3 Å². The standard InChI is InChI=1S/C17H21N5OS/c1-3-11-4-5-22(8-11)9-15-19-13-6-14(12-7-18-21-10(12)2)24-16(13)17(23)20-15/h6-7,11H,3-5,8-9H2,1-2H3,(H,18,21)(H,19,20,23)/t11-/m1/s1. The summed E-state index contributed by atoms with van der Waals surface area (Å²) in [5.41, 5.74) is 2.77. The molecule has 1 atom stereocenters. The quantitative estimate of drug-likeness (QED) is 0.763. The van der Waals surface area contributed by atoms with E-state index in [1.807, 2.05) is 13.0 Å². The normalized spacial score (nSPS) is 18.7. The fourth-order valence-corrected chi connectivity index (χ4v) is 4.46. The Bertz CT molecular complexity index is 925. The first-order valence-electron chi connectivity index (χ1n) is 8.39. The molecule has 0 spiro atoms. The molecule has 0 bridgehead atoms. The Kier molecular flexibility index (Phi) is 3.97. The molecule has 4 heterocycles. The van der Waals surface area contributed by atoms with Crippen LogP contribution in [0.5, 0.6) is 0 Å². The molecule has 126 valence electrons. The lowest BCUT2D eigenvalue weighted by molar-refractivity contribution is 0.307. The molecule has 3 aromatic heterocycles. The highest BCUT2D eigenvalue weighted by Gasteiger charge is 2.22. The van der Waals surface area contributed by atoms with Gasteiger partial charge in [-0.25, -0.2) is 4.98 Å². The van der Waals surface area contributed by atoms with Gasteiger partial charge in [0.05, 0.1) is 18.3 Å². The van der Waals surface area contributed by atoms with E-state index in [4.69, 9.17) is 4.98 Å².